The Morgan fingerprint density at radius 2 is 0.696 bits per heavy atom. The lowest BCUT2D eigenvalue weighted by Crippen LogP contribution is -2.19. The first-order valence-corrected chi connectivity index (χ1v) is 16.3. The van der Waals surface area contributed by atoms with Crippen molar-refractivity contribution >= 4 is 34.1 Å². The lowest BCUT2D eigenvalue weighted by atomic mass is 9.77. The van der Waals surface area contributed by atoms with Crippen LogP contribution in [0.5, 0.6) is 0 Å². The van der Waals surface area contributed by atoms with Crippen LogP contribution in [-0.2, 0) is 5.41 Å². The Bertz CT molecular complexity index is 1850. The molecule has 0 amide bonds. The van der Waals surface area contributed by atoms with Gasteiger partial charge in [-0.05, 0) is 109 Å². The van der Waals surface area contributed by atoms with Gasteiger partial charge in [-0.3, -0.25) is 0 Å². The fourth-order valence-electron chi connectivity index (χ4n) is 6.09. The molecule has 0 saturated carbocycles. The molecule has 0 aromatic heterocycles. The van der Waals surface area contributed by atoms with Gasteiger partial charge in [0.05, 0.1) is 0 Å². The molecule has 0 aliphatic carbocycles. The van der Waals surface area contributed by atoms with Gasteiger partial charge in [0.1, 0.15) is 0 Å². The Kier molecular flexibility index (Phi) is 8.81. The van der Waals surface area contributed by atoms with E-state index in [9.17, 15) is 0 Å². The maximum absolute atomic E-state index is 2.34. The van der Waals surface area contributed by atoms with Crippen LogP contribution in [0.15, 0.2) is 152 Å². The highest BCUT2D eigenvalue weighted by molar-refractivity contribution is 5.81. The monoisotopic (exact) mass is 600 g/mol. The summed E-state index contributed by atoms with van der Waals surface area (Å²) < 4.78 is 0. The minimum absolute atomic E-state index is 0.110. The standard InChI is InChI=1S/C44H44N2/c1-32(2)35-16-18-36(19-17-35)44(5,6)37-20-26-41(27-21-37)46(40-24-14-34(4)15-25-40)43-30-28-42(29-31-43)45(38-10-8-7-9-11-38)39-22-12-33(3)13-23-39/h7-32H,1-6H3. The summed E-state index contributed by atoms with van der Waals surface area (Å²) in [5, 5.41) is 0. The molecule has 0 heterocycles. The molecule has 230 valence electrons. The lowest BCUT2D eigenvalue weighted by molar-refractivity contribution is 0.640. The van der Waals surface area contributed by atoms with E-state index < -0.39 is 0 Å². The number of hydrogen-bond acceptors (Lipinski definition) is 2. The van der Waals surface area contributed by atoms with E-state index >= 15 is 0 Å². The molecule has 0 bridgehead atoms. The normalized spacial score (nSPS) is 11.5. The van der Waals surface area contributed by atoms with E-state index in [1.165, 1.54) is 27.8 Å². The number of hydrogen-bond donors (Lipinski definition) is 0. The number of aryl methyl sites for hydroxylation is 2. The van der Waals surface area contributed by atoms with Crippen LogP contribution in [0.3, 0.4) is 0 Å². The van der Waals surface area contributed by atoms with Crippen LogP contribution < -0.4 is 9.80 Å². The van der Waals surface area contributed by atoms with Crippen molar-refractivity contribution in [2.75, 3.05) is 9.80 Å². The van der Waals surface area contributed by atoms with Gasteiger partial charge < -0.3 is 9.80 Å². The van der Waals surface area contributed by atoms with Gasteiger partial charge in [-0.1, -0.05) is 118 Å². The van der Waals surface area contributed by atoms with Gasteiger partial charge >= 0.3 is 0 Å². The molecular formula is C44H44N2. The van der Waals surface area contributed by atoms with Gasteiger partial charge in [0.15, 0.2) is 0 Å². The SMILES string of the molecule is Cc1ccc(N(c2ccccc2)c2ccc(N(c3ccc(C)cc3)c3ccc(C(C)(C)c4ccc(C(C)C)cc4)cc3)cc2)cc1. The quantitative estimate of drug-likeness (QED) is 0.163. The summed E-state index contributed by atoms with van der Waals surface area (Å²) in [6.45, 7) is 13.4. The van der Waals surface area contributed by atoms with E-state index in [2.05, 4.69) is 203 Å². The van der Waals surface area contributed by atoms with Crippen LogP contribution in [0.4, 0.5) is 34.1 Å². The second-order valence-electron chi connectivity index (χ2n) is 13.1. The van der Waals surface area contributed by atoms with Crippen LogP contribution in [0, 0.1) is 13.8 Å². The van der Waals surface area contributed by atoms with Crippen molar-refractivity contribution in [3.05, 3.63) is 179 Å². The minimum Gasteiger partial charge on any atom is -0.311 e. The predicted molar refractivity (Wildman–Crippen MR) is 198 cm³/mol. The lowest BCUT2D eigenvalue weighted by Gasteiger charge is -2.30. The molecule has 0 spiro atoms. The number of benzene rings is 6. The predicted octanol–water partition coefficient (Wildman–Crippen LogP) is 12.7. The van der Waals surface area contributed by atoms with Crippen molar-refractivity contribution in [2.45, 2.75) is 52.9 Å². The van der Waals surface area contributed by atoms with Crippen LogP contribution in [-0.4, -0.2) is 0 Å². The Balaban J connectivity index is 1.36. The molecule has 46 heavy (non-hydrogen) atoms. The van der Waals surface area contributed by atoms with E-state index in [4.69, 9.17) is 0 Å². The van der Waals surface area contributed by atoms with Gasteiger partial charge in [-0.25, -0.2) is 0 Å². The molecule has 0 radical (unpaired) electrons. The summed E-state index contributed by atoms with van der Waals surface area (Å²) in [4.78, 5) is 4.65. The first kappa shape index (κ1) is 30.9. The van der Waals surface area contributed by atoms with Crippen molar-refractivity contribution in [1.29, 1.82) is 0 Å². The topological polar surface area (TPSA) is 6.48 Å². The molecule has 0 aliphatic heterocycles. The van der Waals surface area contributed by atoms with Gasteiger partial charge in [-0.2, -0.15) is 0 Å². The third-order valence-corrected chi connectivity index (χ3v) is 9.11. The summed E-state index contributed by atoms with van der Waals surface area (Å²) in [5.41, 5.74) is 13.1. The highest BCUT2D eigenvalue weighted by Gasteiger charge is 2.24. The molecule has 2 nitrogen and oxygen atoms in total. The van der Waals surface area contributed by atoms with E-state index in [0.29, 0.717) is 5.92 Å². The second-order valence-corrected chi connectivity index (χ2v) is 13.1. The zero-order valence-electron chi connectivity index (χ0n) is 27.9. The van der Waals surface area contributed by atoms with Gasteiger partial charge in [0.2, 0.25) is 0 Å². The fraction of sp³-hybridized carbons (Fsp3) is 0.182. The molecule has 0 N–H and O–H groups in total. The molecular weight excluding hydrogens is 556 g/mol. The van der Waals surface area contributed by atoms with Crippen LogP contribution in [0.1, 0.15) is 61.4 Å². The van der Waals surface area contributed by atoms with Crippen molar-refractivity contribution in [1.82, 2.24) is 0 Å². The molecule has 2 heteroatoms. The molecule has 6 aromatic rings. The molecule has 6 rings (SSSR count). The van der Waals surface area contributed by atoms with Gasteiger partial charge in [-0.15, -0.1) is 0 Å². The van der Waals surface area contributed by atoms with Crippen molar-refractivity contribution in [3.8, 4) is 0 Å². The van der Waals surface area contributed by atoms with Gasteiger partial charge in [0, 0.05) is 39.5 Å². The number of anilines is 6. The summed E-state index contributed by atoms with van der Waals surface area (Å²) in [7, 11) is 0. The van der Waals surface area contributed by atoms with Crippen LogP contribution in [0.2, 0.25) is 0 Å². The molecule has 6 aromatic carbocycles. The van der Waals surface area contributed by atoms with E-state index in [-0.39, 0.29) is 5.41 Å². The zero-order valence-corrected chi connectivity index (χ0v) is 27.9. The Morgan fingerprint density at radius 1 is 0.391 bits per heavy atom. The molecule has 0 atom stereocenters. The van der Waals surface area contributed by atoms with Crippen molar-refractivity contribution in [3.63, 3.8) is 0 Å². The first-order chi connectivity index (χ1) is 22.2. The van der Waals surface area contributed by atoms with E-state index in [0.717, 1.165) is 34.1 Å². The first-order valence-electron chi connectivity index (χ1n) is 16.3. The number of para-hydroxylation sites is 1. The van der Waals surface area contributed by atoms with Crippen LogP contribution >= 0.6 is 0 Å². The third-order valence-electron chi connectivity index (χ3n) is 9.11. The maximum atomic E-state index is 2.34. The van der Waals surface area contributed by atoms with Crippen molar-refractivity contribution < 1.29 is 0 Å². The highest BCUT2D eigenvalue weighted by atomic mass is 15.2. The number of rotatable bonds is 9. The largest absolute Gasteiger partial charge is 0.311 e. The number of nitrogens with zero attached hydrogens (tertiary/aromatic N) is 2. The van der Waals surface area contributed by atoms with Gasteiger partial charge in [0.25, 0.3) is 0 Å². The average Bonchev–Trinajstić information content (AvgIpc) is 3.08. The molecule has 0 saturated heterocycles. The maximum Gasteiger partial charge on any atom is 0.0463 e. The summed E-state index contributed by atoms with van der Waals surface area (Å²) in [6, 6.07) is 55.2. The average molecular weight is 601 g/mol. The summed E-state index contributed by atoms with van der Waals surface area (Å²) >= 11 is 0. The summed E-state index contributed by atoms with van der Waals surface area (Å²) in [5.74, 6) is 0.530. The molecule has 0 fully saturated rings. The summed E-state index contributed by atoms with van der Waals surface area (Å²) in [6.07, 6.45) is 0. The van der Waals surface area contributed by atoms with Crippen LogP contribution in [0.25, 0.3) is 0 Å². The Labute approximate surface area is 275 Å². The van der Waals surface area contributed by atoms with E-state index in [1.54, 1.807) is 0 Å². The van der Waals surface area contributed by atoms with Crippen molar-refractivity contribution in [2.24, 2.45) is 0 Å². The Morgan fingerprint density at radius 3 is 1.07 bits per heavy atom. The smallest absolute Gasteiger partial charge is 0.0463 e. The van der Waals surface area contributed by atoms with E-state index in [1.807, 2.05) is 0 Å². The second kappa shape index (κ2) is 13.1. The Hall–Kier alpha value is -5.08. The molecule has 0 aliphatic rings. The zero-order chi connectivity index (χ0) is 32.3. The third kappa shape index (κ3) is 6.48. The highest BCUT2D eigenvalue weighted by Crippen LogP contribution is 2.40. The molecule has 0 unspecified atom stereocenters. The fourth-order valence-corrected chi connectivity index (χ4v) is 6.09. The minimum atomic E-state index is -0.110.